The lowest BCUT2D eigenvalue weighted by Crippen LogP contribution is -2.36. The average Bonchev–Trinajstić information content (AvgIpc) is 2.83. The van der Waals surface area contributed by atoms with Crippen LogP contribution in [0.15, 0.2) is 84.3 Å². The summed E-state index contributed by atoms with van der Waals surface area (Å²) in [7, 11) is -0.866. The molecule has 0 unspecified atom stereocenters. The Labute approximate surface area is 194 Å². The van der Waals surface area contributed by atoms with Gasteiger partial charge in [-0.15, -0.1) is 0 Å². The zero-order chi connectivity index (χ0) is 23.7. The lowest BCUT2D eigenvalue weighted by atomic mass is 10.2. The Morgan fingerprint density at radius 3 is 2.18 bits per heavy atom. The molecular formula is C25H26N2O5S. The highest BCUT2D eigenvalue weighted by Crippen LogP contribution is 2.29. The summed E-state index contributed by atoms with van der Waals surface area (Å²) in [6, 6.07) is 23.2. The summed E-state index contributed by atoms with van der Waals surface area (Å²) in [6.45, 7) is -0.299. The van der Waals surface area contributed by atoms with Gasteiger partial charge in [0.1, 0.15) is 0 Å². The molecule has 172 valence electrons. The molecule has 33 heavy (non-hydrogen) atoms. The zero-order valence-electron chi connectivity index (χ0n) is 18.5. The molecular weight excluding hydrogens is 440 g/mol. The number of rotatable bonds is 10. The number of hydrogen-bond acceptors (Lipinski definition) is 5. The van der Waals surface area contributed by atoms with Crippen molar-refractivity contribution in [1.29, 1.82) is 0 Å². The van der Waals surface area contributed by atoms with Crippen LogP contribution in [0.4, 0.5) is 5.69 Å². The second-order valence-electron chi connectivity index (χ2n) is 7.13. The van der Waals surface area contributed by atoms with Crippen LogP contribution in [0.25, 0.3) is 6.08 Å². The van der Waals surface area contributed by atoms with Crippen LogP contribution in [-0.4, -0.2) is 39.4 Å². The third-order valence-electron chi connectivity index (χ3n) is 4.78. The number of benzene rings is 3. The lowest BCUT2D eigenvalue weighted by molar-refractivity contribution is -0.116. The minimum Gasteiger partial charge on any atom is -0.493 e. The quantitative estimate of drug-likeness (QED) is 0.485. The van der Waals surface area contributed by atoms with E-state index in [1.165, 1.54) is 20.3 Å². The van der Waals surface area contributed by atoms with Gasteiger partial charge in [0.05, 0.1) is 20.8 Å². The molecule has 0 saturated carbocycles. The number of nitrogens with zero attached hydrogens (tertiary/aromatic N) is 1. The van der Waals surface area contributed by atoms with Crippen molar-refractivity contribution in [3.05, 3.63) is 95.4 Å². The first kappa shape index (κ1) is 24.0. The van der Waals surface area contributed by atoms with Gasteiger partial charge in [-0.05, 0) is 29.3 Å². The third-order valence-corrected chi connectivity index (χ3v) is 6.24. The van der Waals surface area contributed by atoms with Gasteiger partial charge >= 0.3 is 0 Å². The second-order valence-corrected chi connectivity index (χ2v) is 8.95. The van der Waals surface area contributed by atoms with Gasteiger partial charge in [0.25, 0.3) is 0 Å². The van der Waals surface area contributed by atoms with Gasteiger partial charge < -0.3 is 14.8 Å². The van der Waals surface area contributed by atoms with E-state index in [1.807, 2.05) is 48.5 Å². The van der Waals surface area contributed by atoms with E-state index in [0.717, 1.165) is 20.8 Å². The van der Waals surface area contributed by atoms with Gasteiger partial charge in [-0.2, -0.15) is 4.31 Å². The van der Waals surface area contributed by atoms with Gasteiger partial charge in [-0.25, -0.2) is 8.42 Å². The first-order valence-corrected chi connectivity index (χ1v) is 11.7. The fourth-order valence-corrected chi connectivity index (χ4v) is 4.24. The third kappa shape index (κ3) is 6.93. The Bertz CT molecular complexity index is 1200. The van der Waals surface area contributed by atoms with Crippen molar-refractivity contribution in [2.45, 2.75) is 6.54 Å². The fourth-order valence-electron chi connectivity index (χ4n) is 3.11. The Balaban J connectivity index is 1.80. The molecule has 8 heteroatoms. The van der Waals surface area contributed by atoms with Crippen LogP contribution in [-0.2, 0) is 21.4 Å². The Hall–Kier alpha value is -3.62. The molecule has 3 rings (SSSR count). The average molecular weight is 467 g/mol. The van der Waals surface area contributed by atoms with Crippen LogP contribution in [0.3, 0.4) is 0 Å². The SMILES string of the molecule is COc1ccc(NC(=O)CN(Cc2ccccc2)S(=O)(=O)/C=C/c2ccccc2)cc1OC. The predicted octanol–water partition coefficient (Wildman–Crippen LogP) is 4.15. The molecule has 0 bridgehead atoms. The number of carbonyl (C=O) groups is 1. The number of nitrogens with one attached hydrogen (secondary N) is 1. The smallest absolute Gasteiger partial charge is 0.239 e. The Morgan fingerprint density at radius 1 is 0.909 bits per heavy atom. The molecule has 1 N–H and O–H groups in total. The Morgan fingerprint density at radius 2 is 1.55 bits per heavy atom. The van der Waals surface area contributed by atoms with Crippen LogP contribution in [0, 0.1) is 0 Å². The van der Waals surface area contributed by atoms with E-state index in [9.17, 15) is 13.2 Å². The van der Waals surface area contributed by atoms with Crippen molar-refractivity contribution in [2.75, 3.05) is 26.1 Å². The molecule has 0 aliphatic carbocycles. The van der Waals surface area contributed by atoms with Crippen LogP contribution < -0.4 is 14.8 Å². The maximum Gasteiger partial charge on any atom is 0.239 e. The van der Waals surface area contributed by atoms with Gasteiger partial charge in [0.2, 0.25) is 15.9 Å². The number of methoxy groups -OCH3 is 2. The number of carbonyl (C=O) groups excluding carboxylic acids is 1. The van der Waals surface area contributed by atoms with E-state index in [2.05, 4.69) is 5.32 Å². The second kappa shape index (κ2) is 11.3. The molecule has 0 aliphatic heterocycles. The molecule has 0 atom stereocenters. The van der Waals surface area contributed by atoms with Gasteiger partial charge in [0.15, 0.2) is 11.5 Å². The summed E-state index contributed by atoms with van der Waals surface area (Å²) in [5.41, 5.74) is 1.98. The number of anilines is 1. The molecule has 7 nitrogen and oxygen atoms in total. The summed E-state index contributed by atoms with van der Waals surface area (Å²) >= 11 is 0. The summed E-state index contributed by atoms with van der Waals surface area (Å²) in [5.74, 6) is 0.500. The highest BCUT2D eigenvalue weighted by atomic mass is 32.2. The van der Waals surface area contributed by atoms with E-state index in [-0.39, 0.29) is 13.1 Å². The molecule has 0 heterocycles. The normalized spacial score (nSPS) is 11.5. The van der Waals surface area contributed by atoms with Gasteiger partial charge in [-0.3, -0.25) is 4.79 Å². The van der Waals surface area contributed by atoms with E-state index >= 15 is 0 Å². The van der Waals surface area contributed by atoms with Crippen LogP contribution in [0.2, 0.25) is 0 Å². The Kier molecular flexibility index (Phi) is 8.23. The summed E-state index contributed by atoms with van der Waals surface area (Å²) < 4.78 is 37.8. The van der Waals surface area contributed by atoms with E-state index < -0.39 is 15.9 Å². The number of ether oxygens (including phenoxy) is 2. The molecule has 0 spiro atoms. The summed E-state index contributed by atoms with van der Waals surface area (Å²) in [4.78, 5) is 12.8. The van der Waals surface area contributed by atoms with Crippen molar-refractivity contribution < 1.29 is 22.7 Å². The van der Waals surface area contributed by atoms with Gasteiger partial charge in [-0.1, -0.05) is 60.7 Å². The van der Waals surface area contributed by atoms with Crippen LogP contribution >= 0.6 is 0 Å². The van der Waals surface area contributed by atoms with Crippen molar-refractivity contribution in [3.63, 3.8) is 0 Å². The van der Waals surface area contributed by atoms with Crippen LogP contribution in [0.5, 0.6) is 11.5 Å². The highest BCUT2D eigenvalue weighted by Gasteiger charge is 2.23. The van der Waals surface area contributed by atoms with Crippen molar-refractivity contribution >= 4 is 27.7 Å². The minimum atomic E-state index is -3.88. The minimum absolute atomic E-state index is 0.0572. The summed E-state index contributed by atoms with van der Waals surface area (Å²) in [5, 5.41) is 3.85. The molecule has 1 amide bonds. The van der Waals surface area contributed by atoms with Crippen LogP contribution in [0.1, 0.15) is 11.1 Å². The molecule has 0 aromatic heterocycles. The predicted molar refractivity (Wildman–Crippen MR) is 129 cm³/mol. The van der Waals surface area contributed by atoms with E-state index in [4.69, 9.17) is 9.47 Å². The zero-order valence-corrected chi connectivity index (χ0v) is 19.3. The monoisotopic (exact) mass is 466 g/mol. The standard InChI is InChI=1S/C25H26N2O5S/c1-31-23-14-13-22(17-24(23)32-2)26-25(28)19-27(18-21-11-7-4-8-12-21)33(29,30)16-15-20-9-5-3-6-10-20/h3-17H,18-19H2,1-2H3,(H,26,28)/b16-15+. The highest BCUT2D eigenvalue weighted by molar-refractivity contribution is 7.92. The maximum atomic E-state index is 13.1. The molecule has 0 fully saturated rings. The summed E-state index contributed by atoms with van der Waals surface area (Å²) in [6.07, 6.45) is 1.51. The van der Waals surface area contributed by atoms with Gasteiger partial charge in [0, 0.05) is 23.7 Å². The molecule has 3 aromatic carbocycles. The molecule has 0 saturated heterocycles. The topological polar surface area (TPSA) is 84.9 Å². The number of amides is 1. The van der Waals surface area contributed by atoms with Crippen molar-refractivity contribution in [3.8, 4) is 11.5 Å². The molecule has 0 aliphatic rings. The van der Waals surface area contributed by atoms with E-state index in [0.29, 0.717) is 17.2 Å². The largest absolute Gasteiger partial charge is 0.493 e. The fraction of sp³-hybridized carbons (Fsp3) is 0.160. The first-order chi connectivity index (χ1) is 15.9. The van der Waals surface area contributed by atoms with Crippen molar-refractivity contribution in [2.24, 2.45) is 0 Å². The van der Waals surface area contributed by atoms with E-state index in [1.54, 1.807) is 30.3 Å². The molecule has 3 aromatic rings. The maximum absolute atomic E-state index is 13.1. The number of hydrogen-bond donors (Lipinski definition) is 1. The number of sulfonamides is 1. The lowest BCUT2D eigenvalue weighted by Gasteiger charge is -2.20. The first-order valence-electron chi connectivity index (χ1n) is 10.2. The van der Waals surface area contributed by atoms with Crippen molar-refractivity contribution in [1.82, 2.24) is 4.31 Å². The molecule has 0 radical (unpaired) electrons.